The van der Waals surface area contributed by atoms with Crippen LogP contribution in [0.25, 0.3) is 6.08 Å². The number of carbonyl (C=O) groups is 3. The van der Waals surface area contributed by atoms with E-state index >= 15 is 0 Å². The number of nitro groups is 1. The molecule has 0 saturated heterocycles. The first-order chi connectivity index (χ1) is 11.9. The van der Waals surface area contributed by atoms with Crippen molar-refractivity contribution in [2.75, 3.05) is 12.4 Å². The van der Waals surface area contributed by atoms with Gasteiger partial charge < -0.3 is 5.32 Å². The fourth-order valence-electron chi connectivity index (χ4n) is 2.31. The van der Waals surface area contributed by atoms with Gasteiger partial charge in [0.25, 0.3) is 11.8 Å². The molecule has 2 heterocycles. The lowest BCUT2D eigenvalue weighted by atomic mass is 10.1. The highest BCUT2D eigenvalue weighted by Crippen LogP contribution is 2.26. The van der Waals surface area contributed by atoms with Crippen molar-refractivity contribution in [2.24, 2.45) is 0 Å². The molecule has 0 radical (unpaired) electrons. The van der Waals surface area contributed by atoms with E-state index in [1.807, 2.05) is 0 Å². The molecule has 1 aromatic heterocycles. The van der Waals surface area contributed by atoms with E-state index in [1.165, 1.54) is 43.5 Å². The summed E-state index contributed by atoms with van der Waals surface area (Å²) in [6, 6.07) is 7.37. The number of imide groups is 1. The van der Waals surface area contributed by atoms with E-state index in [-0.39, 0.29) is 16.5 Å². The van der Waals surface area contributed by atoms with Gasteiger partial charge in [-0.15, -0.1) is 0 Å². The molecule has 0 aliphatic carbocycles. The third kappa shape index (κ3) is 3.17. The van der Waals surface area contributed by atoms with Gasteiger partial charge in [0, 0.05) is 29.8 Å². The molecule has 0 bridgehead atoms. The molecule has 9 heteroatoms. The summed E-state index contributed by atoms with van der Waals surface area (Å²) in [6.45, 7) is 0. The van der Waals surface area contributed by atoms with E-state index in [4.69, 9.17) is 0 Å². The number of amides is 3. The zero-order valence-corrected chi connectivity index (χ0v) is 13.7. The minimum Gasteiger partial charge on any atom is -0.322 e. The standard InChI is InChI=1S/C16H11N3O5S/c1-18-15(21)11-5-2-9(8-12(11)16(18)22)17-13(20)6-3-10-4-7-14(25-10)19(23)24/h2-8H,1H3,(H,17,20)/b6-3+. The van der Waals surface area contributed by atoms with Crippen LogP contribution in [-0.2, 0) is 4.79 Å². The van der Waals surface area contributed by atoms with E-state index in [2.05, 4.69) is 5.32 Å². The maximum atomic E-state index is 11.9. The predicted octanol–water partition coefficient (Wildman–Crippen LogP) is 2.53. The molecule has 126 valence electrons. The molecule has 0 unspecified atom stereocenters. The third-order valence-electron chi connectivity index (χ3n) is 3.55. The summed E-state index contributed by atoms with van der Waals surface area (Å²) in [5.74, 6) is -1.25. The molecule has 2 aromatic rings. The van der Waals surface area contributed by atoms with E-state index in [0.29, 0.717) is 16.1 Å². The second-order valence-corrected chi connectivity index (χ2v) is 6.28. The minimum absolute atomic E-state index is 0.00835. The Balaban J connectivity index is 1.71. The van der Waals surface area contributed by atoms with Gasteiger partial charge in [0.05, 0.1) is 16.1 Å². The van der Waals surface area contributed by atoms with Crippen LogP contribution in [0, 0.1) is 10.1 Å². The van der Waals surface area contributed by atoms with Crippen molar-refractivity contribution < 1.29 is 19.3 Å². The van der Waals surface area contributed by atoms with Gasteiger partial charge in [0.2, 0.25) is 5.91 Å². The number of rotatable bonds is 4. The minimum atomic E-state index is -0.498. The van der Waals surface area contributed by atoms with Gasteiger partial charge >= 0.3 is 5.00 Å². The summed E-state index contributed by atoms with van der Waals surface area (Å²) in [5.41, 5.74) is 0.914. The van der Waals surface area contributed by atoms with Crippen molar-refractivity contribution in [1.29, 1.82) is 0 Å². The molecular formula is C16H11N3O5S. The van der Waals surface area contributed by atoms with E-state index in [0.717, 1.165) is 16.2 Å². The van der Waals surface area contributed by atoms with Crippen molar-refractivity contribution in [1.82, 2.24) is 4.90 Å². The summed E-state index contributed by atoms with van der Waals surface area (Å²) in [6.07, 6.45) is 2.70. The van der Waals surface area contributed by atoms with Crippen LogP contribution < -0.4 is 5.32 Å². The predicted molar refractivity (Wildman–Crippen MR) is 91.5 cm³/mol. The van der Waals surface area contributed by atoms with Gasteiger partial charge in [-0.25, -0.2) is 0 Å². The third-order valence-corrected chi connectivity index (χ3v) is 4.55. The molecule has 25 heavy (non-hydrogen) atoms. The Labute approximate surface area is 145 Å². The number of nitrogens with zero attached hydrogens (tertiary/aromatic N) is 2. The average Bonchev–Trinajstić information content (AvgIpc) is 3.14. The molecule has 1 aliphatic rings. The Morgan fingerprint density at radius 2 is 1.92 bits per heavy atom. The van der Waals surface area contributed by atoms with Crippen molar-refractivity contribution in [3.05, 3.63) is 62.5 Å². The van der Waals surface area contributed by atoms with Gasteiger partial charge in [0.1, 0.15) is 0 Å². The Morgan fingerprint density at radius 3 is 2.60 bits per heavy atom. The van der Waals surface area contributed by atoms with Gasteiger partial charge in [-0.05, 0) is 30.3 Å². The average molecular weight is 357 g/mol. The molecule has 1 aliphatic heterocycles. The smallest absolute Gasteiger partial charge is 0.322 e. The quantitative estimate of drug-likeness (QED) is 0.391. The van der Waals surface area contributed by atoms with Gasteiger partial charge in [0.15, 0.2) is 0 Å². The molecule has 0 spiro atoms. The number of hydrogen-bond donors (Lipinski definition) is 1. The number of anilines is 1. The van der Waals surface area contributed by atoms with Crippen molar-refractivity contribution >= 4 is 45.8 Å². The van der Waals surface area contributed by atoms with Crippen LogP contribution in [0.15, 0.2) is 36.4 Å². The lowest BCUT2D eigenvalue weighted by Gasteiger charge is -2.03. The van der Waals surface area contributed by atoms with Crippen molar-refractivity contribution in [3.63, 3.8) is 0 Å². The molecule has 8 nitrogen and oxygen atoms in total. The highest BCUT2D eigenvalue weighted by Gasteiger charge is 2.32. The topological polar surface area (TPSA) is 110 Å². The maximum absolute atomic E-state index is 11.9. The number of thiophene rings is 1. The van der Waals surface area contributed by atoms with E-state index in [9.17, 15) is 24.5 Å². The van der Waals surface area contributed by atoms with Crippen LogP contribution in [0.3, 0.4) is 0 Å². The van der Waals surface area contributed by atoms with E-state index < -0.39 is 16.7 Å². The maximum Gasteiger partial charge on any atom is 0.324 e. The number of hydrogen-bond acceptors (Lipinski definition) is 6. The van der Waals surface area contributed by atoms with Crippen LogP contribution in [0.4, 0.5) is 10.7 Å². The lowest BCUT2D eigenvalue weighted by molar-refractivity contribution is -0.380. The van der Waals surface area contributed by atoms with Crippen LogP contribution in [0.5, 0.6) is 0 Å². The van der Waals surface area contributed by atoms with E-state index in [1.54, 1.807) is 6.07 Å². The molecule has 0 atom stereocenters. The second kappa shape index (κ2) is 6.29. The SMILES string of the molecule is CN1C(=O)c2ccc(NC(=O)/C=C/c3ccc([N+](=O)[O-])s3)cc2C1=O. The monoisotopic (exact) mass is 357 g/mol. The molecule has 1 N–H and O–H groups in total. The fraction of sp³-hybridized carbons (Fsp3) is 0.0625. The zero-order chi connectivity index (χ0) is 18.1. The van der Waals surface area contributed by atoms with Crippen LogP contribution in [0.1, 0.15) is 25.6 Å². The second-order valence-electron chi connectivity index (χ2n) is 5.19. The molecule has 3 rings (SSSR count). The first kappa shape index (κ1) is 16.5. The zero-order valence-electron chi connectivity index (χ0n) is 12.9. The van der Waals surface area contributed by atoms with Gasteiger partial charge in [-0.3, -0.25) is 29.4 Å². The number of benzene rings is 1. The summed E-state index contributed by atoms with van der Waals surface area (Å²) in [5, 5.41) is 13.2. The first-order valence-electron chi connectivity index (χ1n) is 7.06. The Kier molecular flexibility index (Phi) is 4.15. The number of fused-ring (bicyclic) bond motifs is 1. The fourth-order valence-corrected chi connectivity index (χ4v) is 3.03. The van der Waals surface area contributed by atoms with Gasteiger partial charge in [-0.1, -0.05) is 11.3 Å². The molecule has 3 amide bonds. The van der Waals surface area contributed by atoms with Crippen LogP contribution >= 0.6 is 11.3 Å². The summed E-state index contributed by atoms with van der Waals surface area (Å²) in [7, 11) is 1.39. The summed E-state index contributed by atoms with van der Waals surface area (Å²) in [4.78, 5) is 47.4. The van der Waals surface area contributed by atoms with Gasteiger partial charge in [-0.2, -0.15) is 0 Å². The first-order valence-corrected chi connectivity index (χ1v) is 7.88. The molecular weight excluding hydrogens is 346 g/mol. The highest BCUT2D eigenvalue weighted by molar-refractivity contribution is 7.16. The van der Waals surface area contributed by atoms with Crippen LogP contribution in [0.2, 0.25) is 0 Å². The lowest BCUT2D eigenvalue weighted by Crippen LogP contribution is -2.24. The number of nitrogens with one attached hydrogen (secondary N) is 1. The molecule has 1 aromatic carbocycles. The Hall–Kier alpha value is -3.33. The van der Waals surface area contributed by atoms with Crippen LogP contribution in [-0.4, -0.2) is 34.6 Å². The normalized spacial score (nSPS) is 13.4. The summed E-state index contributed by atoms with van der Waals surface area (Å²) < 4.78 is 0. The Bertz CT molecular complexity index is 947. The van der Waals surface area contributed by atoms with Crippen molar-refractivity contribution in [3.8, 4) is 0 Å². The van der Waals surface area contributed by atoms with Crippen molar-refractivity contribution in [2.45, 2.75) is 0 Å². The molecule has 0 fully saturated rings. The Morgan fingerprint density at radius 1 is 1.20 bits per heavy atom. The molecule has 0 saturated carbocycles. The number of carbonyl (C=O) groups excluding carboxylic acids is 3. The summed E-state index contributed by atoms with van der Waals surface area (Å²) >= 11 is 0.953. The largest absolute Gasteiger partial charge is 0.324 e. The highest BCUT2D eigenvalue weighted by atomic mass is 32.1.